The third kappa shape index (κ3) is 6.79. The number of furan rings is 1. The van der Waals surface area contributed by atoms with Gasteiger partial charge in [-0.2, -0.15) is 0 Å². The van der Waals surface area contributed by atoms with Gasteiger partial charge in [-0.25, -0.2) is 0 Å². The van der Waals surface area contributed by atoms with E-state index in [9.17, 15) is 0 Å². The van der Waals surface area contributed by atoms with Gasteiger partial charge in [0.15, 0.2) is 0 Å². The van der Waals surface area contributed by atoms with Crippen LogP contribution in [0.5, 0.6) is 0 Å². The Kier molecular flexibility index (Phi) is 9.20. The molecule has 0 atom stereocenters. The van der Waals surface area contributed by atoms with Crippen LogP contribution in [0.25, 0.3) is 99.1 Å². The van der Waals surface area contributed by atoms with Gasteiger partial charge in [0.1, 0.15) is 11.2 Å². The van der Waals surface area contributed by atoms with Gasteiger partial charge in [0.2, 0.25) is 0 Å². The summed E-state index contributed by atoms with van der Waals surface area (Å²) in [6.45, 7) is 0. The Morgan fingerprint density at radius 1 is 0.266 bits per heavy atom. The molecule has 0 saturated heterocycles. The van der Waals surface area contributed by atoms with Crippen molar-refractivity contribution in [2.75, 3.05) is 4.90 Å². The largest absolute Gasteiger partial charge is 0.455 e. The van der Waals surface area contributed by atoms with Gasteiger partial charge < -0.3 is 9.32 Å². The Morgan fingerprint density at radius 3 is 1.47 bits per heavy atom. The molecular weight excluding hydrogens is 775 g/mol. The van der Waals surface area contributed by atoms with Crippen LogP contribution >= 0.6 is 0 Å². The molecule has 0 saturated carbocycles. The van der Waals surface area contributed by atoms with E-state index in [2.05, 4.69) is 254 Å². The molecule has 0 aliphatic carbocycles. The van der Waals surface area contributed by atoms with Crippen LogP contribution < -0.4 is 4.90 Å². The highest BCUT2D eigenvalue weighted by Crippen LogP contribution is 2.43. The van der Waals surface area contributed by atoms with Gasteiger partial charge in [0.05, 0.1) is 0 Å². The van der Waals surface area contributed by atoms with E-state index in [1.807, 2.05) is 0 Å². The van der Waals surface area contributed by atoms with Crippen LogP contribution in [0.15, 0.2) is 253 Å². The summed E-state index contributed by atoms with van der Waals surface area (Å²) in [4.78, 5) is 2.37. The summed E-state index contributed by atoms with van der Waals surface area (Å²) in [7, 11) is 0. The summed E-state index contributed by atoms with van der Waals surface area (Å²) in [5.74, 6) is 0. The molecule has 0 N–H and O–H groups in total. The fourth-order valence-corrected chi connectivity index (χ4v) is 9.42. The minimum atomic E-state index is 0.894. The SMILES string of the molecule is c1ccc(-c2cc(-c3ccccc3)cc(-c3ccc(N(c4ccc(-c5cccc6oc7c8ccccc8ccc7c56)cc4)c4cccc(-c5ccc6ccccc6c5)c4)cc3)c2)cc1. The van der Waals surface area contributed by atoms with Gasteiger partial charge in [0.25, 0.3) is 0 Å². The van der Waals surface area contributed by atoms with E-state index in [1.54, 1.807) is 0 Å². The summed E-state index contributed by atoms with van der Waals surface area (Å²) < 4.78 is 6.57. The molecule has 0 fully saturated rings. The smallest absolute Gasteiger partial charge is 0.143 e. The summed E-state index contributed by atoms with van der Waals surface area (Å²) >= 11 is 0. The first kappa shape index (κ1) is 37.3. The first-order valence-corrected chi connectivity index (χ1v) is 21.9. The molecule has 0 aliphatic rings. The van der Waals surface area contributed by atoms with Crippen molar-refractivity contribution in [1.29, 1.82) is 0 Å². The van der Waals surface area contributed by atoms with Crippen LogP contribution in [-0.4, -0.2) is 0 Å². The standard InChI is InChI=1S/C62H41NO/c1-3-13-42(14-4-1)51-38-52(43-15-5-2-6-16-43)40-53(39-51)45-27-32-54(33-28-45)63(56-21-11-20-49(41-56)50-26-25-44-17-7-8-19-48(44)37-50)55-34-29-47(30-35-55)57-23-12-24-60-61(57)59-36-31-46-18-9-10-22-58(46)62(59)64-60/h1-41H. The van der Waals surface area contributed by atoms with Crippen molar-refractivity contribution in [1.82, 2.24) is 0 Å². The van der Waals surface area contributed by atoms with E-state index >= 15 is 0 Å². The highest BCUT2D eigenvalue weighted by atomic mass is 16.3. The number of anilines is 3. The summed E-state index contributed by atoms with van der Waals surface area (Å²) in [6.07, 6.45) is 0. The predicted molar refractivity (Wildman–Crippen MR) is 271 cm³/mol. The zero-order valence-electron chi connectivity index (χ0n) is 35.0. The Balaban J connectivity index is 0.966. The molecule has 0 spiro atoms. The Bertz CT molecular complexity index is 3590. The lowest BCUT2D eigenvalue weighted by Gasteiger charge is -2.26. The summed E-state index contributed by atoms with van der Waals surface area (Å²) in [5.41, 5.74) is 16.8. The number of fused-ring (bicyclic) bond motifs is 6. The second-order valence-electron chi connectivity index (χ2n) is 16.5. The highest BCUT2D eigenvalue weighted by Gasteiger charge is 2.18. The quantitative estimate of drug-likeness (QED) is 0.152. The van der Waals surface area contributed by atoms with E-state index in [1.165, 1.54) is 55.1 Å². The average molecular weight is 816 g/mol. The van der Waals surface area contributed by atoms with Crippen molar-refractivity contribution in [3.8, 4) is 55.6 Å². The van der Waals surface area contributed by atoms with Gasteiger partial charge in [-0.1, -0.05) is 176 Å². The van der Waals surface area contributed by atoms with Crippen molar-refractivity contribution in [3.05, 3.63) is 249 Å². The van der Waals surface area contributed by atoms with E-state index in [0.717, 1.165) is 61.1 Å². The van der Waals surface area contributed by atoms with Gasteiger partial charge >= 0.3 is 0 Å². The van der Waals surface area contributed by atoms with Crippen molar-refractivity contribution in [2.45, 2.75) is 0 Å². The fourth-order valence-electron chi connectivity index (χ4n) is 9.42. The molecule has 0 aliphatic heterocycles. The Labute approximate surface area is 372 Å². The van der Waals surface area contributed by atoms with Crippen LogP contribution in [-0.2, 0) is 0 Å². The number of hydrogen-bond acceptors (Lipinski definition) is 2. The maximum atomic E-state index is 6.57. The van der Waals surface area contributed by atoms with Crippen LogP contribution in [0.4, 0.5) is 17.1 Å². The maximum Gasteiger partial charge on any atom is 0.143 e. The van der Waals surface area contributed by atoms with Crippen LogP contribution in [0.1, 0.15) is 0 Å². The third-order valence-electron chi connectivity index (χ3n) is 12.6. The third-order valence-corrected chi connectivity index (χ3v) is 12.6. The monoisotopic (exact) mass is 815 g/mol. The van der Waals surface area contributed by atoms with Gasteiger partial charge in [0, 0.05) is 33.2 Å². The lowest BCUT2D eigenvalue weighted by atomic mass is 9.93. The molecule has 0 bridgehead atoms. The van der Waals surface area contributed by atoms with Gasteiger partial charge in [-0.05, 0) is 145 Å². The predicted octanol–water partition coefficient (Wildman–Crippen LogP) is 17.7. The van der Waals surface area contributed by atoms with Gasteiger partial charge in [-0.3, -0.25) is 0 Å². The molecule has 0 radical (unpaired) electrons. The first-order valence-electron chi connectivity index (χ1n) is 21.9. The molecule has 11 aromatic carbocycles. The van der Waals surface area contributed by atoms with Crippen molar-refractivity contribution >= 4 is 60.5 Å². The van der Waals surface area contributed by atoms with E-state index in [-0.39, 0.29) is 0 Å². The van der Waals surface area contributed by atoms with Crippen LogP contribution in [0.2, 0.25) is 0 Å². The molecule has 2 heteroatoms. The second-order valence-corrected chi connectivity index (χ2v) is 16.5. The molecule has 1 heterocycles. The van der Waals surface area contributed by atoms with Crippen LogP contribution in [0, 0.1) is 0 Å². The fraction of sp³-hybridized carbons (Fsp3) is 0. The molecule has 0 unspecified atom stereocenters. The molecular formula is C62H41NO. The Hall–Kier alpha value is -8.46. The molecule has 64 heavy (non-hydrogen) atoms. The Morgan fingerprint density at radius 2 is 0.781 bits per heavy atom. The zero-order chi connectivity index (χ0) is 42.4. The molecule has 2 nitrogen and oxygen atoms in total. The second kappa shape index (κ2) is 15.8. The molecule has 300 valence electrons. The lowest BCUT2D eigenvalue weighted by Crippen LogP contribution is -2.10. The van der Waals surface area contributed by atoms with Crippen molar-refractivity contribution in [3.63, 3.8) is 0 Å². The summed E-state index contributed by atoms with van der Waals surface area (Å²) in [5, 5.41) is 7.04. The van der Waals surface area contributed by atoms with E-state index in [0.29, 0.717) is 0 Å². The van der Waals surface area contributed by atoms with E-state index in [4.69, 9.17) is 4.42 Å². The summed E-state index contributed by atoms with van der Waals surface area (Å²) in [6, 6.07) is 89.7. The molecule has 12 aromatic rings. The van der Waals surface area contributed by atoms with E-state index < -0.39 is 0 Å². The minimum absolute atomic E-state index is 0.894. The number of nitrogens with zero attached hydrogens (tertiary/aromatic N) is 1. The molecule has 12 rings (SSSR count). The molecule has 1 aromatic heterocycles. The van der Waals surface area contributed by atoms with Gasteiger partial charge in [-0.15, -0.1) is 0 Å². The first-order chi connectivity index (χ1) is 31.7. The lowest BCUT2D eigenvalue weighted by molar-refractivity contribution is 0.673. The molecule has 0 amide bonds. The topological polar surface area (TPSA) is 16.4 Å². The maximum absolute atomic E-state index is 6.57. The number of benzene rings is 11. The number of rotatable bonds is 8. The van der Waals surface area contributed by atoms with Crippen molar-refractivity contribution < 1.29 is 4.42 Å². The average Bonchev–Trinajstić information content (AvgIpc) is 3.77. The number of hydrogen-bond donors (Lipinski definition) is 0. The van der Waals surface area contributed by atoms with Crippen LogP contribution in [0.3, 0.4) is 0 Å². The van der Waals surface area contributed by atoms with Crippen molar-refractivity contribution in [2.24, 2.45) is 0 Å². The normalized spacial score (nSPS) is 11.4. The zero-order valence-corrected chi connectivity index (χ0v) is 35.0. The minimum Gasteiger partial charge on any atom is -0.455 e. The highest BCUT2D eigenvalue weighted by molar-refractivity contribution is 6.19.